The van der Waals surface area contributed by atoms with Crippen molar-refractivity contribution in [3.63, 3.8) is 0 Å². The molecule has 1 aromatic carbocycles. The van der Waals surface area contributed by atoms with Crippen molar-refractivity contribution in [2.75, 3.05) is 37.6 Å². The quantitative estimate of drug-likeness (QED) is 0.851. The summed E-state index contributed by atoms with van der Waals surface area (Å²) in [5.41, 5.74) is 0.507. The highest BCUT2D eigenvalue weighted by Gasteiger charge is 2.38. The molecule has 27 heavy (non-hydrogen) atoms. The lowest BCUT2D eigenvalue weighted by Crippen LogP contribution is -2.50. The van der Waals surface area contributed by atoms with E-state index < -0.39 is 5.82 Å². The van der Waals surface area contributed by atoms with Crippen molar-refractivity contribution in [3.8, 4) is 0 Å². The van der Waals surface area contributed by atoms with E-state index in [0.29, 0.717) is 31.9 Å². The molecule has 2 aromatic rings. The lowest BCUT2D eigenvalue weighted by molar-refractivity contribution is -0.137. The molecule has 142 valence electrons. The summed E-state index contributed by atoms with van der Waals surface area (Å²) >= 11 is 0. The number of hydrogen-bond donors (Lipinski definition) is 1. The minimum Gasteiger partial charge on any atom is -0.340 e. The van der Waals surface area contributed by atoms with Crippen molar-refractivity contribution < 1.29 is 14.0 Å². The average Bonchev–Trinajstić information content (AvgIpc) is 3.31. The van der Waals surface area contributed by atoms with Gasteiger partial charge in [0.25, 0.3) is 0 Å². The first-order chi connectivity index (χ1) is 13.1. The second kappa shape index (κ2) is 7.43. The van der Waals surface area contributed by atoms with E-state index in [1.54, 1.807) is 12.1 Å². The highest BCUT2D eigenvalue weighted by molar-refractivity contribution is 6.00. The lowest BCUT2D eigenvalue weighted by Gasteiger charge is -2.35. The van der Waals surface area contributed by atoms with E-state index in [1.165, 1.54) is 23.4 Å². The van der Waals surface area contributed by atoms with Gasteiger partial charge < -0.3 is 9.80 Å². The van der Waals surface area contributed by atoms with Gasteiger partial charge in [0.15, 0.2) is 0 Å². The molecule has 2 fully saturated rings. The molecular weight excluding hydrogens is 351 g/mol. The van der Waals surface area contributed by atoms with E-state index in [9.17, 15) is 14.0 Å². The zero-order valence-electron chi connectivity index (χ0n) is 14.8. The smallest absolute Gasteiger partial charge is 0.228 e. The Hall–Kier alpha value is -2.81. The highest BCUT2D eigenvalue weighted by Crippen LogP contribution is 2.27. The summed E-state index contributed by atoms with van der Waals surface area (Å²) in [4.78, 5) is 34.8. The molecule has 0 saturated carbocycles. The van der Waals surface area contributed by atoms with Crippen LogP contribution in [0.4, 0.5) is 10.1 Å². The van der Waals surface area contributed by atoms with Gasteiger partial charge in [0.2, 0.25) is 11.8 Å². The third-order valence-electron chi connectivity index (χ3n) is 5.12. The van der Waals surface area contributed by atoms with Crippen LogP contribution in [0.25, 0.3) is 0 Å². The maximum Gasteiger partial charge on any atom is 0.228 e. The van der Waals surface area contributed by atoms with Crippen molar-refractivity contribution in [1.29, 1.82) is 0 Å². The van der Waals surface area contributed by atoms with Crippen LogP contribution in [0, 0.1) is 11.7 Å². The number of carbonyl (C=O) groups excluding carboxylic acids is 2. The number of amides is 2. The lowest BCUT2D eigenvalue weighted by atomic mass is 10.1. The predicted octanol–water partition coefficient (Wildman–Crippen LogP) is 0.641. The minimum absolute atomic E-state index is 0.00145. The highest BCUT2D eigenvalue weighted by atomic mass is 19.1. The second-order valence-electron chi connectivity index (χ2n) is 6.92. The number of aromatic nitrogens is 3. The molecule has 2 aliphatic rings. The van der Waals surface area contributed by atoms with Gasteiger partial charge in [0.05, 0.1) is 12.5 Å². The molecule has 3 heterocycles. The van der Waals surface area contributed by atoms with E-state index in [0.717, 1.165) is 18.9 Å². The third kappa shape index (κ3) is 3.82. The van der Waals surface area contributed by atoms with Crippen LogP contribution in [0.3, 0.4) is 0 Å². The Bertz CT molecular complexity index is 819. The van der Waals surface area contributed by atoms with Gasteiger partial charge in [-0.3, -0.25) is 19.6 Å². The molecule has 1 N–H and O–H groups in total. The van der Waals surface area contributed by atoms with Crippen LogP contribution >= 0.6 is 0 Å². The standard InChI is InChI=1S/C18H21FN6O2/c19-14-2-1-3-15(9-14)25-10-13(8-17(25)26)18(27)24-6-4-23(5-7-24)11-16-20-12-21-22-16/h1-3,9,12-13H,4-8,10-11H2,(H,20,21,22). The molecule has 0 spiro atoms. The summed E-state index contributed by atoms with van der Waals surface area (Å²) in [5.74, 6) is -0.0917. The molecule has 9 heteroatoms. The fourth-order valence-corrected chi connectivity index (χ4v) is 3.67. The summed E-state index contributed by atoms with van der Waals surface area (Å²) in [6.07, 6.45) is 1.66. The minimum atomic E-state index is -0.391. The van der Waals surface area contributed by atoms with Gasteiger partial charge in [-0.25, -0.2) is 9.37 Å². The van der Waals surface area contributed by atoms with Crippen molar-refractivity contribution in [2.45, 2.75) is 13.0 Å². The molecule has 0 bridgehead atoms. The summed E-state index contributed by atoms with van der Waals surface area (Å²) in [6.45, 7) is 3.73. The first-order valence-electron chi connectivity index (χ1n) is 9.01. The maximum atomic E-state index is 13.4. The van der Waals surface area contributed by atoms with E-state index in [2.05, 4.69) is 20.1 Å². The summed E-state index contributed by atoms with van der Waals surface area (Å²) in [7, 11) is 0. The zero-order valence-corrected chi connectivity index (χ0v) is 14.8. The molecule has 2 aliphatic heterocycles. The molecule has 8 nitrogen and oxygen atoms in total. The Morgan fingerprint density at radius 3 is 2.78 bits per heavy atom. The average molecular weight is 372 g/mol. The largest absolute Gasteiger partial charge is 0.340 e. The Morgan fingerprint density at radius 2 is 2.07 bits per heavy atom. The fraction of sp³-hybridized carbons (Fsp3) is 0.444. The summed E-state index contributed by atoms with van der Waals surface area (Å²) in [5, 5.41) is 6.68. The number of aromatic amines is 1. The van der Waals surface area contributed by atoms with Crippen LogP contribution in [0.15, 0.2) is 30.6 Å². The predicted molar refractivity (Wildman–Crippen MR) is 95.1 cm³/mol. The monoisotopic (exact) mass is 372 g/mol. The van der Waals surface area contributed by atoms with Gasteiger partial charge in [-0.05, 0) is 18.2 Å². The molecular formula is C18H21FN6O2. The Labute approximate surface area is 156 Å². The van der Waals surface area contributed by atoms with Gasteiger partial charge >= 0.3 is 0 Å². The molecule has 1 aromatic heterocycles. The van der Waals surface area contributed by atoms with Crippen LogP contribution in [-0.4, -0.2) is 69.5 Å². The van der Waals surface area contributed by atoms with Crippen LogP contribution in [0.1, 0.15) is 12.2 Å². The Morgan fingerprint density at radius 1 is 1.26 bits per heavy atom. The maximum absolute atomic E-state index is 13.4. The van der Waals surface area contributed by atoms with Crippen LogP contribution in [0.2, 0.25) is 0 Å². The normalized spacial score (nSPS) is 21.1. The molecule has 0 radical (unpaired) electrons. The fourth-order valence-electron chi connectivity index (χ4n) is 3.67. The van der Waals surface area contributed by atoms with Crippen molar-refractivity contribution in [1.82, 2.24) is 25.0 Å². The molecule has 2 saturated heterocycles. The number of anilines is 1. The molecule has 1 atom stereocenters. The number of carbonyl (C=O) groups is 2. The van der Waals surface area contributed by atoms with E-state index in [-0.39, 0.29) is 24.2 Å². The van der Waals surface area contributed by atoms with E-state index in [4.69, 9.17) is 0 Å². The first-order valence-corrected chi connectivity index (χ1v) is 9.01. The zero-order chi connectivity index (χ0) is 18.8. The van der Waals surface area contributed by atoms with Crippen molar-refractivity contribution in [2.24, 2.45) is 5.92 Å². The number of benzene rings is 1. The topological polar surface area (TPSA) is 85.4 Å². The van der Waals surface area contributed by atoms with E-state index >= 15 is 0 Å². The number of hydrogen-bond acceptors (Lipinski definition) is 5. The van der Waals surface area contributed by atoms with Crippen LogP contribution in [-0.2, 0) is 16.1 Å². The summed E-state index contributed by atoms with van der Waals surface area (Å²) < 4.78 is 13.4. The molecule has 1 unspecified atom stereocenters. The third-order valence-corrected chi connectivity index (χ3v) is 5.12. The molecule has 4 rings (SSSR count). The molecule has 2 amide bonds. The summed E-state index contributed by atoms with van der Waals surface area (Å²) in [6, 6.07) is 5.93. The van der Waals surface area contributed by atoms with Crippen molar-refractivity contribution >= 4 is 17.5 Å². The number of H-pyrrole nitrogens is 1. The van der Waals surface area contributed by atoms with Gasteiger partial charge in [0.1, 0.15) is 18.0 Å². The van der Waals surface area contributed by atoms with Crippen molar-refractivity contribution in [3.05, 3.63) is 42.2 Å². The van der Waals surface area contributed by atoms with Gasteiger partial charge in [-0.2, -0.15) is 5.10 Å². The number of halogens is 1. The Kier molecular flexibility index (Phi) is 4.85. The number of nitrogens with one attached hydrogen (secondary N) is 1. The van der Waals surface area contributed by atoms with Gasteiger partial charge in [0, 0.05) is 44.8 Å². The van der Waals surface area contributed by atoms with Gasteiger partial charge in [-0.1, -0.05) is 6.07 Å². The number of rotatable bonds is 4. The second-order valence-corrected chi connectivity index (χ2v) is 6.92. The number of piperazine rings is 1. The Balaban J connectivity index is 1.33. The van der Waals surface area contributed by atoms with E-state index in [1.807, 2.05) is 4.90 Å². The van der Waals surface area contributed by atoms with Crippen LogP contribution in [0.5, 0.6) is 0 Å². The first kappa shape index (κ1) is 17.6. The number of nitrogens with zero attached hydrogens (tertiary/aromatic N) is 5. The SMILES string of the molecule is O=C(C1CC(=O)N(c2cccc(F)c2)C1)N1CCN(Cc2ncn[nH]2)CC1. The van der Waals surface area contributed by atoms with Gasteiger partial charge in [-0.15, -0.1) is 0 Å². The van der Waals surface area contributed by atoms with Crippen LogP contribution < -0.4 is 4.90 Å². The molecule has 0 aliphatic carbocycles.